The van der Waals surface area contributed by atoms with Crippen molar-refractivity contribution in [1.29, 1.82) is 0 Å². The van der Waals surface area contributed by atoms with Gasteiger partial charge in [0.05, 0.1) is 10.5 Å². The van der Waals surface area contributed by atoms with Crippen LogP contribution in [0.3, 0.4) is 0 Å². The Kier molecular flexibility index (Phi) is 2.09. The van der Waals surface area contributed by atoms with E-state index in [1.165, 1.54) is 0 Å². The van der Waals surface area contributed by atoms with Crippen molar-refractivity contribution in [2.45, 2.75) is 0 Å². The highest BCUT2D eigenvalue weighted by molar-refractivity contribution is 8.49. The Morgan fingerprint density at radius 1 is 0.438 bits per heavy atom. The minimum Gasteiger partial charge on any atom is -0.0873 e. The van der Waals surface area contributed by atoms with Gasteiger partial charge in [-0.2, -0.15) is 0 Å². The van der Waals surface area contributed by atoms with Crippen LogP contribution in [0.5, 0.6) is 0 Å². The standard InChI is InChI=1S/C4F10S2/c5-15(6,7,8,9)3-1-2-4-16(10,11,12,13)14. The van der Waals surface area contributed by atoms with E-state index >= 15 is 0 Å². The maximum absolute atomic E-state index is 11.3. The lowest BCUT2D eigenvalue weighted by molar-refractivity contribution is 0.385. The molecule has 12 heteroatoms. The van der Waals surface area contributed by atoms with Crippen LogP contribution >= 0.6 is 20.4 Å². The second-order valence-electron chi connectivity index (χ2n) is 2.39. The largest absolute Gasteiger partial charge is 0.345 e. The van der Waals surface area contributed by atoms with E-state index in [-0.39, 0.29) is 11.8 Å². The van der Waals surface area contributed by atoms with Gasteiger partial charge in [-0.3, -0.25) is 0 Å². The molecule has 0 aliphatic rings. The molecule has 0 aliphatic heterocycles. The molecule has 0 fully saturated rings. The van der Waals surface area contributed by atoms with E-state index in [1.807, 2.05) is 0 Å². The Labute approximate surface area is 82.4 Å². The second-order valence-corrected chi connectivity index (χ2v) is 6.68. The van der Waals surface area contributed by atoms with Crippen molar-refractivity contribution in [3.63, 3.8) is 0 Å². The zero-order chi connectivity index (χ0) is 13.6. The zero-order valence-corrected chi connectivity index (χ0v) is 8.23. The molecule has 0 rings (SSSR count). The predicted molar refractivity (Wildman–Crippen MR) is 41.8 cm³/mol. The van der Waals surface area contributed by atoms with Crippen LogP contribution in [0.15, 0.2) is 0 Å². The lowest BCUT2D eigenvalue weighted by atomic mass is 10.7. The van der Waals surface area contributed by atoms with Crippen molar-refractivity contribution in [1.82, 2.24) is 0 Å². The molecule has 0 atom stereocenters. The van der Waals surface area contributed by atoms with Gasteiger partial charge in [-0.25, -0.2) is 0 Å². The van der Waals surface area contributed by atoms with Crippen LogP contribution in [-0.4, -0.2) is 0 Å². The molecular formula is C4F10S2. The summed E-state index contributed by atoms with van der Waals surface area (Å²) in [6.07, 6.45) is 0. The third-order valence-corrected chi connectivity index (χ3v) is 1.53. The van der Waals surface area contributed by atoms with Crippen molar-refractivity contribution in [2.75, 3.05) is 0 Å². The van der Waals surface area contributed by atoms with E-state index < -0.39 is 31.0 Å². The first-order valence-electron chi connectivity index (χ1n) is 2.70. The Morgan fingerprint density at radius 2 is 0.625 bits per heavy atom. The van der Waals surface area contributed by atoms with Gasteiger partial charge in [-0.15, -0.1) is 0 Å². The summed E-state index contributed by atoms with van der Waals surface area (Å²) < 4.78 is 113. The van der Waals surface area contributed by atoms with E-state index in [2.05, 4.69) is 0 Å². The first-order valence-corrected chi connectivity index (χ1v) is 6.60. The summed E-state index contributed by atoms with van der Waals surface area (Å²) in [5, 5.41) is -1.54. The third-order valence-electron chi connectivity index (χ3n) is 0.550. The van der Waals surface area contributed by atoms with E-state index in [9.17, 15) is 38.9 Å². The summed E-state index contributed by atoms with van der Waals surface area (Å²) in [5.41, 5.74) is 0. The molecule has 0 aliphatic carbocycles. The van der Waals surface area contributed by atoms with Gasteiger partial charge in [-0.1, -0.05) is 38.9 Å². The molecular weight excluding hydrogens is 302 g/mol. The quantitative estimate of drug-likeness (QED) is 0.409. The van der Waals surface area contributed by atoms with Gasteiger partial charge in [0.2, 0.25) is 0 Å². The highest BCUT2D eigenvalue weighted by atomic mass is 32.5. The molecule has 0 amide bonds. The molecule has 0 aromatic carbocycles. The maximum atomic E-state index is 11.3. The fraction of sp³-hybridized carbons (Fsp3) is 0. The summed E-state index contributed by atoms with van der Waals surface area (Å²) in [6.45, 7) is 0. The van der Waals surface area contributed by atoms with Crippen LogP contribution in [0.1, 0.15) is 0 Å². The molecule has 0 saturated carbocycles. The number of hydrogen-bond donors (Lipinski definition) is 0. The number of hydrogen-bond acceptors (Lipinski definition) is 0. The summed E-state index contributed by atoms with van der Waals surface area (Å²) in [6, 6.07) is 0. The Bertz CT molecular complexity index is 391. The third kappa shape index (κ3) is 13.1. The first-order chi connectivity index (χ1) is 6.16. The van der Waals surface area contributed by atoms with Gasteiger partial charge in [0.25, 0.3) is 0 Å². The van der Waals surface area contributed by atoms with Crippen LogP contribution in [0.25, 0.3) is 0 Å². The predicted octanol–water partition coefficient (Wildman–Crippen LogP) is 5.51. The minimum atomic E-state index is -10.3. The Morgan fingerprint density at radius 3 is 0.750 bits per heavy atom. The fourth-order valence-electron chi connectivity index (χ4n) is 0.244. The monoisotopic (exact) mass is 302 g/mol. The average Bonchev–Trinajstić information content (AvgIpc) is 1.69. The molecule has 0 radical (unpaired) electrons. The van der Waals surface area contributed by atoms with Crippen molar-refractivity contribution in [2.24, 2.45) is 0 Å². The van der Waals surface area contributed by atoms with E-state index in [0.717, 1.165) is 0 Å². The second kappa shape index (κ2) is 2.22. The Balaban J connectivity index is 5.37. The molecule has 16 heavy (non-hydrogen) atoms. The molecule has 0 nitrogen and oxygen atoms in total. The van der Waals surface area contributed by atoms with Crippen LogP contribution in [0.4, 0.5) is 38.9 Å². The van der Waals surface area contributed by atoms with Crippen molar-refractivity contribution < 1.29 is 38.9 Å². The lowest BCUT2D eigenvalue weighted by Crippen LogP contribution is -2.01. The fourth-order valence-corrected chi connectivity index (χ4v) is 0.732. The number of halogens is 10. The van der Waals surface area contributed by atoms with Gasteiger partial charge < -0.3 is 0 Å². The van der Waals surface area contributed by atoms with E-state index in [4.69, 9.17) is 0 Å². The van der Waals surface area contributed by atoms with Crippen LogP contribution < -0.4 is 0 Å². The summed E-state index contributed by atoms with van der Waals surface area (Å²) >= 11 is 0. The molecule has 0 saturated heterocycles. The van der Waals surface area contributed by atoms with Gasteiger partial charge >= 0.3 is 20.4 Å². The van der Waals surface area contributed by atoms with Crippen molar-refractivity contribution in [3.05, 3.63) is 0 Å². The average molecular weight is 302 g/mol. The summed E-state index contributed by atoms with van der Waals surface area (Å²) in [5.74, 6) is 0.0184. The topological polar surface area (TPSA) is 0 Å². The highest BCUT2D eigenvalue weighted by Gasteiger charge is 2.63. The van der Waals surface area contributed by atoms with Crippen LogP contribution in [0, 0.1) is 22.3 Å². The van der Waals surface area contributed by atoms with E-state index in [0.29, 0.717) is 0 Å². The number of rotatable bonds is 0. The van der Waals surface area contributed by atoms with Gasteiger partial charge in [0.1, 0.15) is 0 Å². The minimum absolute atomic E-state index is 0.00918. The summed E-state index contributed by atoms with van der Waals surface area (Å²) in [4.78, 5) is 0. The SMILES string of the molecule is FS(F)(F)(F)(F)C#CC#CS(F)(F)(F)(F)F. The van der Waals surface area contributed by atoms with Crippen LogP contribution in [0.2, 0.25) is 0 Å². The zero-order valence-electron chi connectivity index (χ0n) is 6.60. The molecule has 0 aromatic heterocycles. The van der Waals surface area contributed by atoms with Crippen molar-refractivity contribution >= 4 is 20.4 Å². The molecule has 0 unspecified atom stereocenters. The van der Waals surface area contributed by atoms with Gasteiger partial charge in [-0.05, 0) is 0 Å². The molecule has 98 valence electrons. The highest BCUT2D eigenvalue weighted by Crippen LogP contribution is 2.98. The van der Waals surface area contributed by atoms with Gasteiger partial charge in [0.15, 0.2) is 0 Å². The summed E-state index contributed by atoms with van der Waals surface area (Å²) in [7, 11) is -20.5. The molecule has 0 aromatic rings. The van der Waals surface area contributed by atoms with Crippen molar-refractivity contribution in [3.8, 4) is 22.3 Å². The molecule has 0 spiro atoms. The smallest absolute Gasteiger partial charge is 0.0873 e. The van der Waals surface area contributed by atoms with E-state index in [1.54, 1.807) is 0 Å². The molecule has 0 heterocycles. The molecule has 0 bridgehead atoms. The lowest BCUT2D eigenvalue weighted by Gasteiger charge is -2.34. The Hall–Kier alpha value is -0.880. The maximum Gasteiger partial charge on any atom is 0.345 e. The van der Waals surface area contributed by atoms with Gasteiger partial charge in [0, 0.05) is 11.8 Å². The van der Waals surface area contributed by atoms with Crippen LogP contribution in [-0.2, 0) is 0 Å². The normalized spacial score (nSPS) is 20.9. The first kappa shape index (κ1) is 15.1. The molecule has 0 N–H and O–H groups in total.